The molecule has 1 saturated heterocycles. The molecule has 6 nitrogen and oxygen atoms in total. The van der Waals surface area contributed by atoms with Crippen molar-refractivity contribution in [3.8, 4) is 0 Å². The van der Waals surface area contributed by atoms with Crippen LogP contribution in [0.15, 0.2) is 30.7 Å². The summed E-state index contributed by atoms with van der Waals surface area (Å²) in [6.45, 7) is 2.54. The van der Waals surface area contributed by atoms with Crippen molar-refractivity contribution >= 4 is 11.8 Å². The third-order valence-electron chi connectivity index (χ3n) is 4.74. The minimum atomic E-state index is -0.223. The predicted octanol–water partition coefficient (Wildman–Crippen LogP) is 2.18. The second kappa shape index (κ2) is 7.74. The Balaban J connectivity index is 1.58. The van der Waals surface area contributed by atoms with Crippen LogP contribution in [0.5, 0.6) is 0 Å². The number of likely N-dealkylation sites (tertiary alicyclic amines) is 1. The molecule has 1 aliphatic heterocycles. The number of pyridine rings is 1. The number of nitrogens with zero attached hydrogens (tertiary/aromatic N) is 6. The van der Waals surface area contributed by atoms with E-state index in [9.17, 15) is 4.39 Å². The van der Waals surface area contributed by atoms with Gasteiger partial charge in [-0.2, -0.15) is 4.98 Å². The molecule has 0 aliphatic carbocycles. The molecular formula is C18H25FN6. The van der Waals surface area contributed by atoms with E-state index >= 15 is 0 Å². The fourth-order valence-corrected chi connectivity index (χ4v) is 3.18. The molecule has 0 saturated carbocycles. The van der Waals surface area contributed by atoms with Crippen LogP contribution in [0.4, 0.5) is 16.2 Å². The van der Waals surface area contributed by atoms with E-state index in [1.807, 2.05) is 25.1 Å². The van der Waals surface area contributed by atoms with Crippen molar-refractivity contribution in [2.75, 3.05) is 44.0 Å². The minimum Gasteiger partial charge on any atom is -0.356 e. The summed E-state index contributed by atoms with van der Waals surface area (Å²) in [6.07, 6.45) is 6.80. The Morgan fingerprint density at radius 2 is 1.92 bits per heavy atom. The van der Waals surface area contributed by atoms with Gasteiger partial charge in [0.1, 0.15) is 11.6 Å². The summed E-state index contributed by atoms with van der Waals surface area (Å²) in [7, 11) is 5.97. The first-order valence-corrected chi connectivity index (χ1v) is 8.58. The summed E-state index contributed by atoms with van der Waals surface area (Å²) in [5, 5.41) is 0. The van der Waals surface area contributed by atoms with Gasteiger partial charge in [-0.3, -0.25) is 9.88 Å². The number of halogens is 1. The molecule has 0 unspecified atom stereocenters. The summed E-state index contributed by atoms with van der Waals surface area (Å²) in [5.41, 5.74) is 0.716. The summed E-state index contributed by atoms with van der Waals surface area (Å²) in [5.74, 6) is 1.44. The van der Waals surface area contributed by atoms with Crippen LogP contribution in [0.1, 0.15) is 18.4 Å². The molecule has 2 aromatic rings. The van der Waals surface area contributed by atoms with Gasteiger partial charge in [-0.25, -0.2) is 9.37 Å². The second-order valence-corrected chi connectivity index (χ2v) is 6.69. The maximum Gasteiger partial charge on any atom is 0.226 e. The van der Waals surface area contributed by atoms with E-state index < -0.39 is 0 Å². The lowest BCUT2D eigenvalue weighted by molar-refractivity contribution is 0.201. The first-order chi connectivity index (χ1) is 12.0. The van der Waals surface area contributed by atoms with Gasteiger partial charge in [-0.05, 0) is 25.0 Å². The quantitative estimate of drug-likeness (QED) is 0.829. The number of hydrogen-bond acceptors (Lipinski definition) is 6. The standard InChI is InChI=1S/C18H25FN6/c1-23(2)18-21-9-5-17(22-18)24(3)15-6-10-25(11-7-15)13-14-4-8-20-12-16(14)19/h4-5,8-9,12,15H,6-7,10-11,13H2,1-3H3. The van der Waals surface area contributed by atoms with E-state index in [1.165, 1.54) is 6.20 Å². The molecule has 1 fully saturated rings. The molecule has 134 valence electrons. The maximum atomic E-state index is 13.8. The van der Waals surface area contributed by atoms with Crippen molar-refractivity contribution in [2.24, 2.45) is 0 Å². The summed E-state index contributed by atoms with van der Waals surface area (Å²) < 4.78 is 13.8. The Kier molecular flexibility index (Phi) is 5.43. The Morgan fingerprint density at radius 1 is 1.16 bits per heavy atom. The van der Waals surface area contributed by atoms with Crippen molar-refractivity contribution in [3.63, 3.8) is 0 Å². The second-order valence-electron chi connectivity index (χ2n) is 6.69. The lowest BCUT2D eigenvalue weighted by atomic mass is 10.0. The third kappa shape index (κ3) is 4.22. The summed E-state index contributed by atoms with van der Waals surface area (Å²) in [6, 6.07) is 4.14. The lowest BCUT2D eigenvalue weighted by Crippen LogP contribution is -2.43. The Bertz CT molecular complexity index is 699. The van der Waals surface area contributed by atoms with Crippen LogP contribution >= 0.6 is 0 Å². The highest BCUT2D eigenvalue weighted by atomic mass is 19.1. The van der Waals surface area contributed by atoms with Gasteiger partial charge in [-0.15, -0.1) is 0 Å². The van der Waals surface area contributed by atoms with E-state index in [2.05, 4.69) is 31.8 Å². The van der Waals surface area contributed by atoms with Gasteiger partial charge in [0.05, 0.1) is 6.20 Å². The Hall–Kier alpha value is -2.28. The molecular weight excluding hydrogens is 319 g/mol. The topological polar surface area (TPSA) is 48.4 Å². The van der Waals surface area contributed by atoms with E-state index in [0.29, 0.717) is 18.2 Å². The van der Waals surface area contributed by atoms with Crippen molar-refractivity contribution in [1.82, 2.24) is 19.9 Å². The molecule has 0 N–H and O–H groups in total. The van der Waals surface area contributed by atoms with Crippen LogP contribution in [0.2, 0.25) is 0 Å². The summed E-state index contributed by atoms with van der Waals surface area (Å²) in [4.78, 5) is 19.1. The molecule has 0 spiro atoms. The molecule has 0 aromatic carbocycles. The number of hydrogen-bond donors (Lipinski definition) is 0. The van der Waals surface area contributed by atoms with Gasteiger partial charge < -0.3 is 9.80 Å². The van der Waals surface area contributed by atoms with Gasteiger partial charge >= 0.3 is 0 Å². The molecule has 0 atom stereocenters. The molecule has 0 amide bonds. The fraction of sp³-hybridized carbons (Fsp3) is 0.500. The molecule has 3 heterocycles. The largest absolute Gasteiger partial charge is 0.356 e. The van der Waals surface area contributed by atoms with E-state index in [1.54, 1.807) is 18.5 Å². The van der Waals surface area contributed by atoms with E-state index in [4.69, 9.17) is 0 Å². The van der Waals surface area contributed by atoms with Gasteiger partial charge in [0.25, 0.3) is 0 Å². The van der Waals surface area contributed by atoms with E-state index in [-0.39, 0.29) is 5.82 Å². The normalized spacial score (nSPS) is 16.0. The van der Waals surface area contributed by atoms with Crippen molar-refractivity contribution < 1.29 is 4.39 Å². The van der Waals surface area contributed by atoms with Crippen LogP contribution in [0.25, 0.3) is 0 Å². The molecule has 2 aromatic heterocycles. The Morgan fingerprint density at radius 3 is 2.60 bits per heavy atom. The maximum absolute atomic E-state index is 13.8. The molecule has 1 aliphatic rings. The van der Waals surface area contributed by atoms with Crippen molar-refractivity contribution in [2.45, 2.75) is 25.4 Å². The van der Waals surface area contributed by atoms with Crippen molar-refractivity contribution in [1.29, 1.82) is 0 Å². The van der Waals surface area contributed by atoms with Gasteiger partial charge in [-0.1, -0.05) is 0 Å². The monoisotopic (exact) mass is 344 g/mol. The smallest absolute Gasteiger partial charge is 0.226 e. The first-order valence-electron chi connectivity index (χ1n) is 8.58. The molecule has 0 bridgehead atoms. The number of aromatic nitrogens is 3. The Labute approximate surface area is 148 Å². The summed E-state index contributed by atoms with van der Waals surface area (Å²) >= 11 is 0. The molecule has 0 radical (unpaired) electrons. The third-order valence-corrected chi connectivity index (χ3v) is 4.74. The SMILES string of the molecule is CN(C)c1nccc(N(C)C2CCN(Cc3ccncc3F)CC2)n1. The highest BCUT2D eigenvalue weighted by Gasteiger charge is 2.24. The first kappa shape index (κ1) is 17.5. The molecule has 7 heteroatoms. The zero-order valence-corrected chi connectivity index (χ0v) is 15.1. The average Bonchev–Trinajstić information content (AvgIpc) is 2.64. The predicted molar refractivity (Wildman–Crippen MR) is 97.3 cm³/mol. The number of piperidine rings is 1. The van der Waals surface area contributed by atoms with Crippen LogP contribution < -0.4 is 9.80 Å². The molecule has 3 rings (SSSR count). The van der Waals surface area contributed by atoms with E-state index in [0.717, 1.165) is 37.7 Å². The number of rotatable bonds is 5. The fourth-order valence-electron chi connectivity index (χ4n) is 3.18. The minimum absolute atomic E-state index is 0.223. The number of anilines is 2. The van der Waals surface area contributed by atoms with Crippen LogP contribution in [0.3, 0.4) is 0 Å². The average molecular weight is 344 g/mol. The van der Waals surface area contributed by atoms with Crippen LogP contribution in [-0.2, 0) is 6.54 Å². The highest BCUT2D eigenvalue weighted by Crippen LogP contribution is 2.22. The zero-order valence-electron chi connectivity index (χ0n) is 15.1. The molecule has 25 heavy (non-hydrogen) atoms. The van der Waals surface area contributed by atoms with Crippen LogP contribution in [0, 0.1) is 5.82 Å². The van der Waals surface area contributed by atoms with Gasteiger partial charge in [0.2, 0.25) is 5.95 Å². The highest BCUT2D eigenvalue weighted by molar-refractivity contribution is 5.43. The van der Waals surface area contributed by atoms with Crippen LogP contribution in [-0.4, -0.2) is 60.1 Å². The lowest BCUT2D eigenvalue weighted by Gasteiger charge is -2.37. The van der Waals surface area contributed by atoms with Gasteiger partial charge in [0, 0.05) is 64.8 Å². The van der Waals surface area contributed by atoms with Gasteiger partial charge in [0.15, 0.2) is 0 Å². The zero-order chi connectivity index (χ0) is 17.8. The van der Waals surface area contributed by atoms with Crippen molar-refractivity contribution in [3.05, 3.63) is 42.1 Å².